The predicted molar refractivity (Wildman–Crippen MR) is 60.3 cm³/mol. The Bertz CT molecular complexity index is 421. The molecule has 0 heterocycles. The van der Waals surface area contributed by atoms with E-state index in [0.29, 0.717) is 5.56 Å². The lowest BCUT2D eigenvalue weighted by Crippen LogP contribution is -2.03. The molecule has 0 bridgehead atoms. The van der Waals surface area contributed by atoms with E-state index in [2.05, 4.69) is 0 Å². The Kier molecular flexibility index (Phi) is 3.77. The van der Waals surface area contributed by atoms with E-state index >= 15 is 0 Å². The molecule has 0 saturated carbocycles. The van der Waals surface area contributed by atoms with Crippen molar-refractivity contribution >= 4 is 11.5 Å². The molecular formula is C11H12N2O3. The van der Waals surface area contributed by atoms with Crippen LogP contribution in [0.25, 0.3) is 0 Å². The van der Waals surface area contributed by atoms with Gasteiger partial charge in [0.25, 0.3) is 5.69 Å². The van der Waals surface area contributed by atoms with Gasteiger partial charge in [-0.1, -0.05) is 0 Å². The van der Waals surface area contributed by atoms with Crippen molar-refractivity contribution in [2.24, 2.45) is 0 Å². The number of carbonyl (C=O) groups excluding carboxylic acids is 1. The molecule has 5 nitrogen and oxygen atoms in total. The molecule has 0 N–H and O–H groups in total. The molecule has 0 aliphatic carbocycles. The minimum atomic E-state index is -0.496. The van der Waals surface area contributed by atoms with Crippen molar-refractivity contribution in [3.05, 3.63) is 52.2 Å². The minimum Gasteiger partial charge on any atom is -0.383 e. The van der Waals surface area contributed by atoms with Crippen LogP contribution in [0.3, 0.4) is 0 Å². The van der Waals surface area contributed by atoms with Crippen molar-refractivity contribution in [2.45, 2.75) is 0 Å². The molecule has 0 aliphatic heterocycles. The number of ketones is 1. The molecule has 0 unspecified atom stereocenters. The summed E-state index contributed by atoms with van der Waals surface area (Å²) < 4.78 is 0. The molecule has 1 rings (SSSR count). The fourth-order valence-electron chi connectivity index (χ4n) is 1.06. The topological polar surface area (TPSA) is 63.5 Å². The maximum Gasteiger partial charge on any atom is 0.269 e. The first-order chi connectivity index (χ1) is 7.50. The van der Waals surface area contributed by atoms with Crippen LogP contribution in [0.5, 0.6) is 0 Å². The van der Waals surface area contributed by atoms with E-state index in [9.17, 15) is 14.9 Å². The Morgan fingerprint density at radius 3 is 2.31 bits per heavy atom. The van der Waals surface area contributed by atoms with Crippen LogP contribution in [-0.4, -0.2) is 29.7 Å². The molecule has 16 heavy (non-hydrogen) atoms. The first-order valence-electron chi connectivity index (χ1n) is 4.64. The van der Waals surface area contributed by atoms with Crippen LogP contribution < -0.4 is 0 Å². The number of benzene rings is 1. The van der Waals surface area contributed by atoms with Crippen molar-refractivity contribution < 1.29 is 9.72 Å². The van der Waals surface area contributed by atoms with E-state index in [4.69, 9.17) is 0 Å². The first kappa shape index (κ1) is 11.9. The number of rotatable bonds is 4. The number of hydrogen-bond donors (Lipinski definition) is 0. The van der Waals surface area contributed by atoms with Gasteiger partial charge >= 0.3 is 0 Å². The fourth-order valence-corrected chi connectivity index (χ4v) is 1.06. The van der Waals surface area contributed by atoms with Gasteiger partial charge in [0, 0.05) is 44.1 Å². The maximum absolute atomic E-state index is 11.5. The van der Waals surface area contributed by atoms with Gasteiger partial charge in [0.15, 0.2) is 5.78 Å². The third kappa shape index (κ3) is 3.20. The van der Waals surface area contributed by atoms with Crippen molar-refractivity contribution in [2.75, 3.05) is 14.1 Å². The summed E-state index contributed by atoms with van der Waals surface area (Å²) in [4.78, 5) is 23.2. The van der Waals surface area contributed by atoms with E-state index in [1.54, 1.807) is 25.2 Å². The highest BCUT2D eigenvalue weighted by Gasteiger charge is 2.06. The van der Waals surface area contributed by atoms with Crippen LogP contribution in [0.2, 0.25) is 0 Å². The molecule has 0 radical (unpaired) electrons. The predicted octanol–water partition coefficient (Wildman–Crippen LogP) is 1.85. The highest BCUT2D eigenvalue weighted by Crippen LogP contribution is 2.12. The quantitative estimate of drug-likeness (QED) is 0.336. The fraction of sp³-hybridized carbons (Fsp3) is 0.182. The Labute approximate surface area is 93.1 Å². The van der Waals surface area contributed by atoms with Crippen LogP contribution in [0.1, 0.15) is 10.4 Å². The van der Waals surface area contributed by atoms with Crippen LogP contribution >= 0.6 is 0 Å². The Morgan fingerprint density at radius 2 is 1.88 bits per heavy atom. The molecule has 0 atom stereocenters. The average Bonchev–Trinajstić information content (AvgIpc) is 2.26. The Hall–Kier alpha value is -2.17. The van der Waals surface area contributed by atoms with E-state index < -0.39 is 4.92 Å². The van der Waals surface area contributed by atoms with Crippen LogP contribution in [0.15, 0.2) is 36.5 Å². The smallest absolute Gasteiger partial charge is 0.269 e. The zero-order chi connectivity index (χ0) is 12.1. The summed E-state index contributed by atoms with van der Waals surface area (Å²) >= 11 is 0. The molecule has 5 heteroatoms. The summed E-state index contributed by atoms with van der Waals surface area (Å²) in [7, 11) is 3.61. The molecule has 0 fully saturated rings. The molecule has 1 aromatic carbocycles. The summed E-state index contributed by atoms with van der Waals surface area (Å²) in [6.07, 6.45) is 3.05. The third-order valence-corrected chi connectivity index (χ3v) is 1.89. The number of nitrogens with zero attached hydrogens (tertiary/aromatic N) is 2. The summed E-state index contributed by atoms with van der Waals surface area (Å²) in [6, 6.07) is 5.52. The number of non-ortho nitro benzene ring substituents is 1. The molecule has 1 aromatic rings. The molecule has 0 spiro atoms. The van der Waals surface area contributed by atoms with Gasteiger partial charge in [-0.3, -0.25) is 14.9 Å². The second-order valence-electron chi connectivity index (χ2n) is 3.45. The van der Waals surface area contributed by atoms with Crippen molar-refractivity contribution in [3.8, 4) is 0 Å². The first-order valence-corrected chi connectivity index (χ1v) is 4.64. The largest absolute Gasteiger partial charge is 0.383 e. The second-order valence-corrected chi connectivity index (χ2v) is 3.45. The van der Waals surface area contributed by atoms with Gasteiger partial charge in [-0.2, -0.15) is 0 Å². The van der Waals surface area contributed by atoms with Gasteiger partial charge in [-0.05, 0) is 12.1 Å². The van der Waals surface area contributed by atoms with E-state index in [1.807, 2.05) is 0 Å². The minimum absolute atomic E-state index is 0.0202. The molecule has 84 valence electrons. The van der Waals surface area contributed by atoms with Crippen LogP contribution in [0, 0.1) is 10.1 Å². The zero-order valence-electron chi connectivity index (χ0n) is 9.08. The lowest BCUT2D eigenvalue weighted by Gasteiger charge is -2.02. The van der Waals surface area contributed by atoms with Gasteiger partial charge in [-0.15, -0.1) is 0 Å². The monoisotopic (exact) mass is 220 g/mol. The summed E-state index contributed by atoms with van der Waals surface area (Å²) in [6.45, 7) is 0. The highest BCUT2D eigenvalue weighted by atomic mass is 16.6. The lowest BCUT2D eigenvalue weighted by atomic mass is 10.1. The standard InChI is InChI=1S/C11H12N2O3/c1-12(2)8-7-11(14)9-3-5-10(6-4-9)13(15)16/h3-8H,1-2H3. The Balaban J connectivity index is 2.82. The van der Waals surface area contributed by atoms with Gasteiger partial charge in [0.05, 0.1) is 4.92 Å². The highest BCUT2D eigenvalue weighted by molar-refractivity contribution is 6.04. The second kappa shape index (κ2) is 5.06. The number of nitro benzene ring substituents is 1. The summed E-state index contributed by atoms with van der Waals surface area (Å²) in [5, 5.41) is 10.4. The van der Waals surface area contributed by atoms with Crippen molar-refractivity contribution in [1.82, 2.24) is 4.90 Å². The SMILES string of the molecule is CN(C)C=CC(=O)c1ccc([N+](=O)[O-])cc1. The van der Waals surface area contributed by atoms with Crippen molar-refractivity contribution in [1.29, 1.82) is 0 Å². The number of carbonyl (C=O) groups is 1. The zero-order valence-corrected chi connectivity index (χ0v) is 9.08. The van der Waals surface area contributed by atoms with Gasteiger partial charge in [0.1, 0.15) is 0 Å². The van der Waals surface area contributed by atoms with E-state index in [0.717, 1.165) is 0 Å². The molecule has 0 aliphatic rings. The number of allylic oxidation sites excluding steroid dienone is 1. The maximum atomic E-state index is 11.5. The molecule has 0 amide bonds. The normalized spacial score (nSPS) is 10.4. The van der Waals surface area contributed by atoms with Gasteiger partial charge < -0.3 is 4.90 Å². The molecule has 0 saturated heterocycles. The van der Waals surface area contributed by atoms with Gasteiger partial charge in [0.2, 0.25) is 0 Å². The average molecular weight is 220 g/mol. The summed E-state index contributed by atoms with van der Waals surface area (Å²) in [5.41, 5.74) is 0.414. The lowest BCUT2D eigenvalue weighted by molar-refractivity contribution is -0.384. The van der Waals surface area contributed by atoms with Crippen molar-refractivity contribution in [3.63, 3.8) is 0 Å². The third-order valence-electron chi connectivity index (χ3n) is 1.89. The molecule has 0 aromatic heterocycles. The van der Waals surface area contributed by atoms with Crippen LogP contribution in [0.4, 0.5) is 5.69 Å². The van der Waals surface area contributed by atoms with Gasteiger partial charge in [-0.25, -0.2) is 0 Å². The molecular weight excluding hydrogens is 208 g/mol. The Morgan fingerprint density at radius 1 is 1.31 bits per heavy atom. The van der Waals surface area contributed by atoms with Crippen LogP contribution in [-0.2, 0) is 0 Å². The van der Waals surface area contributed by atoms with E-state index in [-0.39, 0.29) is 11.5 Å². The number of hydrogen-bond acceptors (Lipinski definition) is 4. The summed E-state index contributed by atoms with van der Waals surface area (Å²) in [5.74, 6) is -0.177. The van der Waals surface area contributed by atoms with E-state index in [1.165, 1.54) is 30.3 Å². The number of nitro groups is 1.